The normalized spacial score (nSPS) is 11.8. The summed E-state index contributed by atoms with van der Waals surface area (Å²) in [7, 11) is 0. The predicted octanol–water partition coefficient (Wildman–Crippen LogP) is 4.41. The van der Waals surface area contributed by atoms with Crippen molar-refractivity contribution in [1.82, 2.24) is 5.32 Å². The van der Waals surface area contributed by atoms with E-state index in [1.807, 2.05) is 25.1 Å². The molecule has 0 fully saturated rings. The molecule has 0 bridgehead atoms. The zero-order valence-corrected chi connectivity index (χ0v) is 14.7. The third-order valence-corrected chi connectivity index (χ3v) is 4.13. The number of nitrogens with one attached hydrogen (secondary N) is 1. The van der Waals surface area contributed by atoms with Crippen LogP contribution < -0.4 is 10.1 Å². The van der Waals surface area contributed by atoms with Gasteiger partial charge in [-0.1, -0.05) is 25.1 Å². The fourth-order valence-electron chi connectivity index (χ4n) is 2.14. The highest BCUT2D eigenvalue weighted by Gasteiger charge is 2.11. The van der Waals surface area contributed by atoms with Crippen LogP contribution in [-0.2, 0) is 11.2 Å². The van der Waals surface area contributed by atoms with Crippen LogP contribution in [0.4, 0.5) is 4.39 Å². The van der Waals surface area contributed by atoms with Gasteiger partial charge in [-0.2, -0.15) is 0 Å². The molecule has 2 aromatic rings. The summed E-state index contributed by atoms with van der Waals surface area (Å²) < 4.78 is 19.3. The Kier molecular flexibility index (Phi) is 6.16. The summed E-state index contributed by atoms with van der Waals surface area (Å²) in [5.74, 6) is 0.107. The van der Waals surface area contributed by atoms with Crippen molar-refractivity contribution in [3.63, 3.8) is 0 Å². The third kappa shape index (κ3) is 5.06. The molecule has 5 heteroatoms. The van der Waals surface area contributed by atoms with E-state index in [2.05, 4.69) is 28.2 Å². The monoisotopic (exact) mass is 379 g/mol. The van der Waals surface area contributed by atoms with Crippen LogP contribution in [0.25, 0.3) is 0 Å². The quantitative estimate of drug-likeness (QED) is 0.807. The number of aryl methyl sites for hydroxylation is 1. The Labute approximate surface area is 144 Å². The van der Waals surface area contributed by atoms with Crippen LogP contribution in [-0.4, -0.2) is 12.5 Å². The van der Waals surface area contributed by atoms with Gasteiger partial charge < -0.3 is 10.1 Å². The van der Waals surface area contributed by atoms with Crippen LogP contribution in [0.3, 0.4) is 0 Å². The molecule has 1 N–H and O–H groups in total. The Balaban J connectivity index is 1.88. The second-order valence-corrected chi connectivity index (χ2v) is 6.10. The van der Waals surface area contributed by atoms with Gasteiger partial charge in [0.25, 0.3) is 5.91 Å². The molecule has 0 spiro atoms. The van der Waals surface area contributed by atoms with Gasteiger partial charge in [-0.3, -0.25) is 4.79 Å². The fraction of sp³-hybridized carbons (Fsp3) is 0.278. The molecule has 23 heavy (non-hydrogen) atoms. The van der Waals surface area contributed by atoms with E-state index in [1.165, 1.54) is 17.7 Å². The van der Waals surface area contributed by atoms with Gasteiger partial charge >= 0.3 is 0 Å². The second-order valence-electron chi connectivity index (χ2n) is 5.25. The molecule has 1 atom stereocenters. The molecule has 0 aliphatic heterocycles. The third-order valence-electron chi connectivity index (χ3n) is 3.51. The highest BCUT2D eigenvalue weighted by Crippen LogP contribution is 2.26. The van der Waals surface area contributed by atoms with Gasteiger partial charge in [0, 0.05) is 0 Å². The van der Waals surface area contributed by atoms with Crippen LogP contribution in [0.1, 0.15) is 31.0 Å². The minimum absolute atomic E-state index is 0.0738. The maximum Gasteiger partial charge on any atom is 0.258 e. The van der Waals surface area contributed by atoms with E-state index in [4.69, 9.17) is 4.74 Å². The molecule has 2 aromatic carbocycles. The van der Waals surface area contributed by atoms with E-state index >= 15 is 0 Å². The summed E-state index contributed by atoms with van der Waals surface area (Å²) in [4.78, 5) is 12.0. The van der Waals surface area contributed by atoms with Gasteiger partial charge in [-0.05, 0) is 64.7 Å². The first-order chi connectivity index (χ1) is 11.0. The lowest BCUT2D eigenvalue weighted by molar-refractivity contribution is -0.123. The zero-order chi connectivity index (χ0) is 16.8. The van der Waals surface area contributed by atoms with Crippen molar-refractivity contribution in [1.29, 1.82) is 0 Å². The van der Waals surface area contributed by atoms with E-state index in [1.54, 1.807) is 12.1 Å². The minimum Gasteiger partial charge on any atom is -0.483 e. The Morgan fingerprint density at radius 3 is 2.57 bits per heavy atom. The number of carbonyl (C=O) groups is 1. The standard InChI is InChI=1S/C18H19BrFNO2/c1-3-13-4-9-17(16(19)10-13)23-11-18(22)21-12(2)14-5-7-15(20)8-6-14/h4-10,12H,3,11H2,1-2H3,(H,21,22)/t12-/m0/s1. The van der Waals surface area contributed by atoms with Gasteiger partial charge in [0.2, 0.25) is 0 Å². The van der Waals surface area contributed by atoms with E-state index in [-0.39, 0.29) is 24.4 Å². The molecular formula is C18H19BrFNO2. The van der Waals surface area contributed by atoms with Gasteiger partial charge in [0.05, 0.1) is 10.5 Å². The van der Waals surface area contributed by atoms with Crippen molar-refractivity contribution in [3.8, 4) is 5.75 Å². The molecule has 0 aliphatic carbocycles. The topological polar surface area (TPSA) is 38.3 Å². The summed E-state index contributed by atoms with van der Waals surface area (Å²) in [6.45, 7) is 3.85. The number of benzene rings is 2. The SMILES string of the molecule is CCc1ccc(OCC(=O)N[C@@H](C)c2ccc(F)cc2)c(Br)c1. The fourth-order valence-corrected chi connectivity index (χ4v) is 2.68. The van der Waals surface area contributed by atoms with Gasteiger partial charge in [-0.15, -0.1) is 0 Å². The summed E-state index contributed by atoms with van der Waals surface area (Å²) in [6.07, 6.45) is 0.939. The number of rotatable bonds is 6. The number of amides is 1. The molecule has 0 saturated carbocycles. The molecule has 1 amide bonds. The number of hydrogen-bond donors (Lipinski definition) is 1. The second kappa shape index (κ2) is 8.11. The van der Waals surface area contributed by atoms with Crippen LogP contribution >= 0.6 is 15.9 Å². The lowest BCUT2D eigenvalue weighted by Gasteiger charge is -2.15. The predicted molar refractivity (Wildman–Crippen MR) is 92.0 cm³/mol. The molecule has 0 saturated heterocycles. The molecular weight excluding hydrogens is 361 g/mol. The molecule has 2 rings (SSSR count). The maximum absolute atomic E-state index is 12.9. The average Bonchev–Trinajstić information content (AvgIpc) is 2.54. The average molecular weight is 380 g/mol. The number of halogens is 2. The van der Waals surface area contributed by atoms with Gasteiger partial charge in [0.1, 0.15) is 11.6 Å². The Morgan fingerprint density at radius 2 is 1.96 bits per heavy atom. The van der Waals surface area contributed by atoms with Crippen LogP contribution in [0.5, 0.6) is 5.75 Å². The van der Waals surface area contributed by atoms with Crippen molar-refractivity contribution in [3.05, 3.63) is 63.9 Å². The Morgan fingerprint density at radius 1 is 1.26 bits per heavy atom. The van der Waals surface area contributed by atoms with Crippen molar-refractivity contribution in [2.45, 2.75) is 26.3 Å². The summed E-state index contributed by atoms with van der Waals surface area (Å²) in [5, 5.41) is 2.83. The zero-order valence-electron chi connectivity index (χ0n) is 13.1. The summed E-state index contributed by atoms with van der Waals surface area (Å²) in [5.41, 5.74) is 2.03. The summed E-state index contributed by atoms with van der Waals surface area (Å²) in [6, 6.07) is 11.6. The number of ether oxygens (including phenoxy) is 1. The lowest BCUT2D eigenvalue weighted by atomic mass is 10.1. The molecule has 122 valence electrons. The van der Waals surface area contributed by atoms with E-state index in [0.717, 1.165) is 16.5 Å². The van der Waals surface area contributed by atoms with Crippen LogP contribution in [0.15, 0.2) is 46.9 Å². The molecule has 0 heterocycles. The first-order valence-corrected chi connectivity index (χ1v) is 8.25. The van der Waals surface area contributed by atoms with Crippen molar-refractivity contribution < 1.29 is 13.9 Å². The van der Waals surface area contributed by atoms with E-state index in [9.17, 15) is 9.18 Å². The largest absolute Gasteiger partial charge is 0.483 e. The van der Waals surface area contributed by atoms with Crippen LogP contribution in [0, 0.1) is 5.82 Å². The van der Waals surface area contributed by atoms with Crippen molar-refractivity contribution in [2.24, 2.45) is 0 Å². The van der Waals surface area contributed by atoms with Crippen LogP contribution in [0.2, 0.25) is 0 Å². The molecule has 0 unspecified atom stereocenters. The van der Waals surface area contributed by atoms with Gasteiger partial charge in [-0.25, -0.2) is 4.39 Å². The first kappa shape index (κ1) is 17.5. The van der Waals surface area contributed by atoms with E-state index in [0.29, 0.717) is 5.75 Å². The molecule has 0 radical (unpaired) electrons. The molecule has 0 aliphatic rings. The lowest BCUT2D eigenvalue weighted by Crippen LogP contribution is -2.31. The van der Waals surface area contributed by atoms with E-state index < -0.39 is 0 Å². The molecule has 3 nitrogen and oxygen atoms in total. The smallest absolute Gasteiger partial charge is 0.258 e. The van der Waals surface area contributed by atoms with Crippen molar-refractivity contribution in [2.75, 3.05) is 6.61 Å². The Bertz CT molecular complexity index is 673. The summed E-state index contributed by atoms with van der Waals surface area (Å²) >= 11 is 3.44. The Hall–Kier alpha value is -1.88. The number of hydrogen-bond acceptors (Lipinski definition) is 2. The minimum atomic E-state index is -0.295. The molecule has 0 aromatic heterocycles. The first-order valence-electron chi connectivity index (χ1n) is 7.45. The maximum atomic E-state index is 12.9. The van der Waals surface area contributed by atoms with Crippen molar-refractivity contribution >= 4 is 21.8 Å². The highest BCUT2D eigenvalue weighted by atomic mass is 79.9. The number of carbonyl (C=O) groups excluding carboxylic acids is 1. The van der Waals surface area contributed by atoms with Gasteiger partial charge in [0.15, 0.2) is 6.61 Å². The highest BCUT2D eigenvalue weighted by molar-refractivity contribution is 9.10.